The molecule has 0 N–H and O–H groups in total. The predicted octanol–water partition coefficient (Wildman–Crippen LogP) is 4.22. The van der Waals surface area contributed by atoms with Gasteiger partial charge < -0.3 is 9.80 Å². The van der Waals surface area contributed by atoms with Crippen LogP contribution in [0.2, 0.25) is 0 Å². The number of amides is 2. The van der Waals surface area contributed by atoms with Crippen LogP contribution in [0.5, 0.6) is 0 Å². The Morgan fingerprint density at radius 2 is 1.76 bits per heavy atom. The number of benzene rings is 2. The summed E-state index contributed by atoms with van der Waals surface area (Å²) in [5, 5.41) is 0. The molecule has 1 fully saturated rings. The SMILES string of the molecule is CN1CCC(N(C)C(=O)N2CC(c3ccccc3)=C[C@H]2c2ccccc2)C1CF. The fourth-order valence-corrected chi connectivity index (χ4v) is 4.57. The first-order chi connectivity index (χ1) is 14.1. The van der Waals surface area contributed by atoms with Crippen molar-refractivity contribution in [1.82, 2.24) is 14.7 Å². The van der Waals surface area contributed by atoms with Gasteiger partial charge in [0.05, 0.1) is 18.1 Å². The van der Waals surface area contributed by atoms with Gasteiger partial charge in [0.15, 0.2) is 0 Å². The lowest BCUT2D eigenvalue weighted by Gasteiger charge is -2.35. The first-order valence-corrected chi connectivity index (χ1v) is 10.2. The molecule has 2 amide bonds. The van der Waals surface area contributed by atoms with Gasteiger partial charge in [0.1, 0.15) is 6.67 Å². The number of nitrogens with zero attached hydrogens (tertiary/aromatic N) is 3. The van der Waals surface area contributed by atoms with Crippen molar-refractivity contribution in [3.63, 3.8) is 0 Å². The Morgan fingerprint density at radius 1 is 1.10 bits per heavy atom. The average Bonchev–Trinajstić information content (AvgIpc) is 3.38. The summed E-state index contributed by atoms with van der Waals surface area (Å²) in [4.78, 5) is 19.2. The average molecular weight is 394 g/mol. The molecule has 29 heavy (non-hydrogen) atoms. The molecule has 3 atom stereocenters. The summed E-state index contributed by atoms with van der Waals surface area (Å²) in [7, 11) is 3.75. The van der Waals surface area contributed by atoms with Crippen LogP contribution in [0.25, 0.3) is 5.57 Å². The lowest BCUT2D eigenvalue weighted by atomic mass is 10.0. The van der Waals surface area contributed by atoms with E-state index in [1.165, 1.54) is 0 Å². The van der Waals surface area contributed by atoms with Crippen LogP contribution in [-0.2, 0) is 0 Å². The van der Waals surface area contributed by atoms with Gasteiger partial charge in [0.2, 0.25) is 0 Å². The van der Waals surface area contributed by atoms with Crippen LogP contribution in [0.15, 0.2) is 66.7 Å². The molecule has 2 aliphatic heterocycles. The Morgan fingerprint density at radius 3 is 2.41 bits per heavy atom. The lowest BCUT2D eigenvalue weighted by molar-refractivity contribution is 0.125. The molecule has 0 bridgehead atoms. The first-order valence-electron chi connectivity index (χ1n) is 10.2. The maximum absolute atomic E-state index is 13.6. The van der Waals surface area contributed by atoms with Gasteiger partial charge in [-0.25, -0.2) is 9.18 Å². The summed E-state index contributed by atoms with van der Waals surface area (Å²) < 4.78 is 13.6. The van der Waals surface area contributed by atoms with Gasteiger partial charge in [-0.05, 0) is 30.2 Å². The largest absolute Gasteiger partial charge is 0.323 e. The molecule has 5 heteroatoms. The van der Waals surface area contributed by atoms with Gasteiger partial charge in [0.25, 0.3) is 0 Å². The van der Waals surface area contributed by atoms with Crippen LogP contribution in [0.1, 0.15) is 23.6 Å². The maximum atomic E-state index is 13.6. The van der Waals surface area contributed by atoms with E-state index in [-0.39, 0.29) is 24.2 Å². The number of hydrogen-bond acceptors (Lipinski definition) is 2. The molecule has 0 aliphatic carbocycles. The van der Waals surface area contributed by atoms with Gasteiger partial charge in [-0.2, -0.15) is 0 Å². The van der Waals surface area contributed by atoms with Crippen molar-refractivity contribution in [2.45, 2.75) is 24.5 Å². The van der Waals surface area contributed by atoms with E-state index in [1.807, 2.05) is 60.3 Å². The number of hydrogen-bond donors (Lipinski definition) is 0. The minimum Gasteiger partial charge on any atom is -0.323 e. The molecule has 2 aliphatic rings. The minimum absolute atomic E-state index is 0.0419. The van der Waals surface area contributed by atoms with Crippen LogP contribution in [0, 0.1) is 0 Å². The van der Waals surface area contributed by atoms with Gasteiger partial charge in [-0.3, -0.25) is 4.90 Å². The highest BCUT2D eigenvalue weighted by Gasteiger charge is 2.40. The molecule has 1 saturated heterocycles. The molecule has 0 aromatic heterocycles. The fraction of sp³-hybridized carbons (Fsp3) is 0.375. The summed E-state index contributed by atoms with van der Waals surface area (Å²) in [6.45, 7) is 0.927. The molecule has 4 rings (SSSR count). The van der Waals surface area contributed by atoms with Crippen LogP contribution in [0.4, 0.5) is 9.18 Å². The molecule has 152 valence electrons. The van der Waals surface area contributed by atoms with E-state index in [2.05, 4.69) is 30.3 Å². The van der Waals surface area contributed by atoms with E-state index in [4.69, 9.17) is 0 Å². The highest BCUT2D eigenvalue weighted by Crippen LogP contribution is 2.36. The normalized spacial score (nSPS) is 24.6. The number of rotatable bonds is 4. The van der Waals surface area contributed by atoms with Crippen molar-refractivity contribution < 1.29 is 9.18 Å². The smallest absolute Gasteiger partial charge is 0.321 e. The predicted molar refractivity (Wildman–Crippen MR) is 114 cm³/mol. The molecule has 4 nitrogen and oxygen atoms in total. The van der Waals surface area contributed by atoms with E-state index < -0.39 is 6.67 Å². The minimum atomic E-state index is -0.436. The van der Waals surface area contributed by atoms with Gasteiger partial charge >= 0.3 is 6.03 Å². The second-order valence-corrected chi connectivity index (χ2v) is 7.99. The lowest BCUT2D eigenvalue weighted by Crippen LogP contribution is -2.51. The second kappa shape index (κ2) is 8.37. The van der Waals surface area contributed by atoms with E-state index in [1.54, 1.807) is 4.90 Å². The number of likely N-dealkylation sites (tertiary alicyclic amines) is 1. The molecule has 2 aromatic rings. The van der Waals surface area contributed by atoms with Crippen molar-refractivity contribution in [3.05, 3.63) is 77.9 Å². The number of halogens is 1. The third-order valence-corrected chi connectivity index (χ3v) is 6.31. The van der Waals surface area contributed by atoms with E-state index in [9.17, 15) is 9.18 Å². The highest BCUT2D eigenvalue weighted by molar-refractivity contribution is 5.82. The summed E-state index contributed by atoms with van der Waals surface area (Å²) in [5.74, 6) is 0. The third-order valence-electron chi connectivity index (χ3n) is 6.31. The van der Waals surface area contributed by atoms with Gasteiger partial charge in [0, 0.05) is 20.1 Å². The summed E-state index contributed by atoms with van der Waals surface area (Å²) in [5.41, 5.74) is 3.37. The number of carbonyl (C=O) groups is 1. The molecule has 0 radical (unpaired) electrons. The Labute approximate surface area is 172 Å². The van der Waals surface area contributed by atoms with E-state index >= 15 is 0 Å². The van der Waals surface area contributed by atoms with Crippen molar-refractivity contribution >= 4 is 11.6 Å². The number of carbonyl (C=O) groups excluding carboxylic acids is 1. The third kappa shape index (κ3) is 3.79. The van der Waals surface area contributed by atoms with Crippen LogP contribution in [-0.4, -0.2) is 66.7 Å². The first kappa shape index (κ1) is 19.6. The molecule has 2 unspecified atom stereocenters. The second-order valence-electron chi connectivity index (χ2n) is 7.99. The zero-order chi connectivity index (χ0) is 20.4. The van der Waals surface area contributed by atoms with Crippen molar-refractivity contribution in [1.29, 1.82) is 0 Å². The summed E-state index contributed by atoms with van der Waals surface area (Å²) in [6.07, 6.45) is 2.99. The topological polar surface area (TPSA) is 26.8 Å². The molecule has 0 spiro atoms. The number of urea groups is 1. The molecule has 2 heterocycles. The maximum Gasteiger partial charge on any atom is 0.321 e. The zero-order valence-electron chi connectivity index (χ0n) is 17.0. The molecular formula is C24H28FN3O. The molecule has 2 aromatic carbocycles. The Hall–Kier alpha value is -2.66. The molecule has 0 saturated carbocycles. The van der Waals surface area contributed by atoms with Crippen molar-refractivity contribution in [3.8, 4) is 0 Å². The Bertz CT molecular complexity index is 870. The summed E-state index contributed by atoms with van der Waals surface area (Å²) >= 11 is 0. The Balaban J connectivity index is 1.62. The fourth-order valence-electron chi connectivity index (χ4n) is 4.57. The number of alkyl halides is 1. The molecular weight excluding hydrogens is 365 g/mol. The quantitative estimate of drug-likeness (QED) is 0.778. The van der Waals surface area contributed by atoms with Crippen LogP contribution in [0.3, 0.4) is 0 Å². The van der Waals surface area contributed by atoms with Crippen molar-refractivity contribution in [2.75, 3.05) is 33.9 Å². The standard InChI is InChI=1S/C24H28FN3O/c1-26-14-13-21(23(26)16-25)27(2)24(29)28-17-20(18-9-5-3-6-10-18)15-22(28)19-11-7-4-8-12-19/h3-12,15,21-23H,13-14,16-17H2,1-2H3/t21?,22-,23?/m0/s1. The van der Waals surface area contributed by atoms with Crippen LogP contribution < -0.4 is 0 Å². The zero-order valence-corrected chi connectivity index (χ0v) is 17.0. The van der Waals surface area contributed by atoms with E-state index in [0.29, 0.717) is 6.54 Å². The Kier molecular flexibility index (Phi) is 5.67. The number of likely N-dealkylation sites (N-methyl/N-ethyl adjacent to an activating group) is 2. The van der Waals surface area contributed by atoms with Gasteiger partial charge in [-0.15, -0.1) is 0 Å². The summed E-state index contributed by atoms with van der Waals surface area (Å²) in [6, 6.07) is 19.8. The highest BCUT2D eigenvalue weighted by atomic mass is 19.1. The van der Waals surface area contributed by atoms with Crippen LogP contribution >= 0.6 is 0 Å². The van der Waals surface area contributed by atoms with E-state index in [0.717, 1.165) is 29.7 Å². The monoisotopic (exact) mass is 393 g/mol. The van der Waals surface area contributed by atoms with Crippen molar-refractivity contribution in [2.24, 2.45) is 0 Å². The van der Waals surface area contributed by atoms with Gasteiger partial charge in [-0.1, -0.05) is 66.7 Å².